The number of aliphatic hydroxyl groups excluding tert-OH is 1. The first-order valence-electron chi connectivity index (χ1n) is 8.47. The number of nitrogens with one attached hydrogen (secondary N) is 1. The van der Waals surface area contributed by atoms with E-state index >= 15 is 0 Å². The SMILES string of the molecule is COc1ccc(CNc2nc(OCCO)nc3c2ncn3C(C)C)cc1. The van der Waals surface area contributed by atoms with Gasteiger partial charge >= 0.3 is 6.01 Å². The Morgan fingerprint density at radius 1 is 1.19 bits per heavy atom. The van der Waals surface area contributed by atoms with Crippen LogP contribution in [0.5, 0.6) is 11.8 Å². The number of nitrogens with zero attached hydrogens (tertiary/aromatic N) is 4. The summed E-state index contributed by atoms with van der Waals surface area (Å²) >= 11 is 0. The standard InChI is InChI=1S/C18H23N5O3/c1-12(2)23-11-20-15-16(21-18(22-17(15)23)26-9-8-24)19-10-13-4-6-14(25-3)7-5-13/h4-7,11-12,24H,8-10H2,1-3H3,(H,19,21,22). The third-order valence-corrected chi connectivity index (χ3v) is 3.90. The highest BCUT2D eigenvalue weighted by Gasteiger charge is 2.15. The van der Waals surface area contributed by atoms with E-state index in [1.807, 2.05) is 28.8 Å². The Hall–Kier alpha value is -2.87. The Morgan fingerprint density at radius 3 is 2.62 bits per heavy atom. The minimum Gasteiger partial charge on any atom is -0.497 e. The molecule has 0 saturated carbocycles. The maximum Gasteiger partial charge on any atom is 0.320 e. The van der Waals surface area contributed by atoms with Crippen molar-refractivity contribution in [3.05, 3.63) is 36.2 Å². The van der Waals surface area contributed by atoms with Gasteiger partial charge in [-0.2, -0.15) is 9.97 Å². The van der Waals surface area contributed by atoms with Crippen molar-refractivity contribution in [2.24, 2.45) is 0 Å². The van der Waals surface area contributed by atoms with E-state index in [1.54, 1.807) is 13.4 Å². The first kappa shape index (κ1) is 17.9. The second kappa shape index (κ2) is 8.01. The molecule has 3 aromatic rings. The number of hydrogen-bond acceptors (Lipinski definition) is 7. The molecular weight excluding hydrogens is 334 g/mol. The third-order valence-electron chi connectivity index (χ3n) is 3.90. The van der Waals surface area contributed by atoms with E-state index in [1.165, 1.54) is 0 Å². The van der Waals surface area contributed by atoms with Crippen LogP contribution >= 0.6 is 0 Å². The zero-order valence-electron chi connectivity index (χ0n) is 15.1. The maximum absolute atomic E-state index is 8.98. The smallest absolute Gasteiger partial charge is 0.320 e. The van der Waals surface area contributed by atoms with E-state index in [0.717, 1.165) is 11.3 Å². The molecule has 0 aliphatic rings. The Kier molecular flexibility index (Phi) is 5.52. The molecular formula is C18H23N5O3. The number of methoxy groups -OCH3 is 1. The van der Waals surface area contributed by atoms with Crippen molar-refractivity contribution in [2.75, 3.05) is 25.6 Å². The van der Waals surface area contributed by atoms with Crippen molar-refractivity contribution in [1.29, 1.82) is 0 Å². The van der Waals surface area contributed by atoms with E-state index in [2.05, 4.69) is 34.1 Å². The third kappa shape index (κ3) is 3.85. The molecule has 2 aromatic heterocycles. The minimum atomic E-state index is -0.0978. The molecule has 0 atom stereocenters. The van der Waals surface area contributed by atoms with E-state index in [4.69, 9.17) is 14.6 Å². The highest BCUT2D eigenvalue weighted by Crippen LogP contribution is 2.24. The zero-order valence-corrected chi connectivity index (χ0v) is 15.1. The number of benzene rings is 1. The first-order valence-corrected chi connectivity index (χ1v) is 8.47. The van der Waals surface area contributed by atoms with E-state index in [0.29, 0.717) is 23.5 Å². The molecule has 2 N–H and O–H groups in total. The second-order valence-electron chi connectivity index (χ2n) is 6.05. The molecule has 8 heteroatoms. The Bertz CT molecular complexity index is 861. The average molecular weight is 357 g/mol. The molecule has 3 rings (SSSR count). The van der Waals surface area contributed by atoms with Gasteiger partial charge in [0.15, 0.2) is 17.0 Å². The van der Waals surface area contributed by atoms with E-state index in [9.17, 15) is 0 Å². The molecule has 138 valence electrons. The van der Waals surface area contributed by atoms with Crippen LogP contribution in [0.3, 0.4) is 0 Å². The highest BCUT2D eigenvalue weighted by atomic mass is 16.5. The van der Waals surface area contributed by atoms with Crippen molar-refractivity contribution in [3.8, 4) is 11.8 Å². The molecule has 0 aliphatic heterocycles. The largest absolute Gasteiger partial charge is 0.497 e. The van der Waals surface area contributed by atoms with Gasteiger partial charge in [0.1, 0.15) is 12.4 Å². The Morgan fingerprint density at radius 2 is 1.96 bits per heavy atom. The average Bonchev–Trinajstić information content (AvgIpc) is 3.09. The van der Waals surface area contributed by atoms with Gasteiger partial charge in [-0.3, -0.25) is 0 Å². The van der Waals surface area contributed by atoms with Gasteiger partial charge in [-0.1, -0.05) is 12.1 Å². The predicted octanol–water partition coefficient (Wildman–Crippen LogP) is 2.40. The first-order chi connectivity index (χ1) is 12.6. The van der Waals surface area contributed by atoms with Crippen LogP contribution in [0.4, 0.5) is 5.82 Å². The molecule has 0 fully saturated rings. The molecule has 0 unspecified atom stereocenters. The summed E-state index contributed by atoms with van der Waals surface area (Å²) in [4.78, 5) is 13.3. The quantitative estimate of drug-likeness (QED) is 0.639. The number of imidazole rings is 1. The molecule has 8 nitrogen and oxygen atoms in total. The molecule has 0 radical (unpaired) electrons. The van der Waals surface area contributed by atoms with Gasteiger partial charge in [0.05, 0.1) is 20.0 Å². The van der Waals surface area contributed by atoms with Crippen LogP contribution in [0, 0.1) is 0 Å². The van der Waals surface area contributed by atoms with Crippen molar-refractivity contribution in [2.45, 2.75) is 26.4 Å². The Balaban J connectivity index is 1.89. The number of rotatable bonds is 8. The van der Waals surface area contributed by atoms with Gasteiger partial charge < -0.3 is 24.5 Å². The number of hydrogen-bond donors (Lipinski definition) is 2. The number of ether oxygens (including phenoxy) is 2. The molecule has 1 aromatic carbocycles. The minimum absolute atomic E-state index is 0.0978. The summed E-state index contributed by atoms with van der Waals surface area (Å²) in [5.74, 6) is 1.41. The lowest BCUT2D eigenvalue weighted by Crippen LogP contribution is -2.09. The van der Waals surface area contributed by atoms with Gasteiger partial charge in [0.2, 0.25) is 0 Å². The van der Waals surface area contributed by atoms with Crippen LogP contribution in [0.1, 0.15) is 25.5 Å². The summed E-state index contributed by atoms with van der Waals surface area (Å²) in [5, 5.41) is 12.3. The summed E-state index contributed by atoms with van der Waals surface area (Å²) in [6.45, 7) is 4.73. The van der Waals surface area contributed by atoms with Crippen molar-refractivity contribution < 1.29 is 14.6 Å². The van der Waals surface area contributed by atoms with Gasteiger partial charge in [-0.25, -0.2) is 4.98 Å². The summed E-state index contributed by atoms with van der Waals surface area (Å²) in [6, 6.07) is 8.22. The Labute approximate surface area is 151 Å². The van der Waals surface area contributed by atoms with Crippen molar-refractivity contribution >= 4 is 17.0 Å². The molecule has 0 saturated heterocycles. The molecule has 0 amide bonds. The summed E-state index contributed by atoms with van der Waals surface area (Å²) < 4.78 is 12.6. The molecule has 0 spiro atoms. The van der Waals surface area contributed by atoms with Crippen LogP contribution in [0.2, 0.25) is 0 Å². The lowest BCUT2D eigenvalue weighted by Gasteiger charge is -2.11. The monoisotopic (exact) mass is 357 g/mol. The molecule has 0 bridgehead atoms. The number of aliphatic hydroxyl groups is 1. The van der Waals surface area contributed by atoms with Crippen LogP contribution < -0.4 is 14.8 Å². The molecule has 2 heterocycles. The topological polar surface area (TPSA) is 94.3 Å². The predicted molar refractivity (Wildman–Crippen MR) is 98.6 cm³/mol. The van der Waals surface area contributed by atoms with E-state index < -0.39 is 0 Å². The fourth-order valence-electron chi connectivity index (χ4n) is 2.53. The molecule has 0 aliphatic carbocycles. The fraction of sp³-hybridized carbons (Fsp3) is 0.389. The summed E-state index contributed by atoms with van der Waals surface area (Å²) in [6.07, 6.45) is 1.75. The van der Waals surface area contributed by atoms with Gasteiger partial charge in [0, 0.05) is 12.6 Å². The lowest BCUT2D eigenvalue weighted by atomic mass is 10.2. The van der Waals surface area contributed by atoms with Crippen LogP contribution in [0.25, 0.3) is 11.2 Å². The fourth-order valence-corrected chi connectivity index (χ4v) is 2.53. The van der Waals surface area contributed by atoms with Gasteiger partial charge in [0.25, 0.3) is 0 Å². The van der Waals surface area contributed by atoms with Gasteiger partial charge in [-0.15, -0.1) is 0 Å². The summed E-state index contributed by atoms with van der Waals surface area (Å²) in [5.41, 5.74) is 2.46. The van der Waals surface area contributed by atoms with Crippen LogP contribution in [0.15, 0.2) is 30.6 Å². The lowest BCUT2D eigenvalue weighted by molar-refractivity contribution is 0.192. The van der Waals surface area contributed by atoms with E-state index in [-0.39, 0.29) is 25.3 Å². The molecule has 26 heavy (non-hydrogen) atoms. The second-order valence-corrected chi connectivity index (χ2v) is 6.05. The van der Waals surface area contributed by atoms with Crippen LogP contribution in [-0.2, 0) is 6.54 Å². The van der Waals surface area contributed by atoms with Crippen LogP contribution in [-0.4, -0.2) is 44.9 Å². The van der Waals surface area contributed by atoms with Crippen molar-refractivity contribution in [3.63, 3.8) is 0 Å². The number of aromatic nitrogens is 4. The zero-order chi connectivity index (χ0) is 18.5. The maximum atomic E-state index is 8.98. The van der Waals surface area contributed by atoms with Crippen molar-refractivity contribution in [1.82, 2.24) is 19.5 Å². The highest BCUT2D eigenvalue weighted by molar-refractivity contribution is 5.83. The number of fused-ring (bicyclic) bond motifs is 1. The van der Waals surface area contributed by atoms with Gasteiger partial charge in [-0.05, 0) is 31.5 Å². The number of anilines is 1. The summed E-state index contributed by atoms with van der Waals surface area (Å²) in [7, 11) is 1.64. The normalized spacial score (nSPS) is 11.1.